The molecule has 2 N–H and O–H groups in total. The SMILES string of the molecule is O=C(Nc1ccccc1)c1ccc(N2CC(C(=O)O)C3(CCC3)C2)nn1. The lowest BCUT2D eigenvalue weighted by Crippen LogP contribution is -2.40. The molecule has 2 fully saturated rings. The van der Waals surface area contributed by atoms with Gasteiger partial charge in [0.2, 0.25) is 0 Å². The van der Waals surface area contributed by atoms with E-state index in [1.165, 1.54) is 0 Å². The first kappa shape index (κ1) is 16.5. The van der Waals surface area contributed by atoms with Gasteiger partial charge in [0.1, 0.15) is 0 Å². The maximum Gasteiger partial charge on any atom is 0.308 e. The van der Waals surface area contributed by atoms with E-state index >= 15 is 0 Å². The van der Waals surface area contributed by atoms with Gasteiger partial charge >= 0.3 is 5.97 Å². The molecule has 4 rings (SSSR count). The Morgan fingerprint density at radius 3 is 2.42 bits per heavy atom. The Labute approximate surface area is 151 Å². The number of carboxylic acids is 1. The van der Waals surface area contributed by atoms with Crippen molar-refractivity contribution in [3.05, 3.63) is 48.2 Å². The zero-order chi connectivity index (χ0) is 18.1. The summed E-state index contributed by atoms with van der Waals surface area (Å²) in [6, 6.07) is 12.5. The summed E-state index contributed by atoms with van der Waals surface area (Å²) in [5, 5.41) is 20.5. The molecule has 2 aromatic rings. The van der Waals surface area contributed by atoms with Crippen LogP contribution in [0.3, 0.4) is 0 Å². The maximum absolute atomic E-state index is 12.2. The number of benzene rings is 1. The number of aromatic nitrogens is 2. The van der Waals surface area contributed by atoms with Crippen molar-refractivity contribution < 1.29 is 14.7 Å². The van der Waals surface area contributed by atoms with Crippen molar-refractivity contribution in [3.63, 3.8) is 0 Å². The molecule has 2 heterocycles. The average Bonchev–Trinajstić information content (AvgIpc) is 3.04. The monoisotopic (exact) mass is 352 g/mol. The normalized spacial score (nSPS) is 20.6. The Bertz CT molecular complexity index is 818. The van der Waals surface area contributed by atoms with Crippen LogP contribution in [0.4, 0.5) is 11.5 Å². The van der Waals surface area contributed by atoms with Crippen molar-refractivity contribution in [3.8, 4) is 0 Å². The third kappa shape index (κ3) is 2.89. The second-order valence-corrected chi connectivity index (χ2v) is 7.08. The van der Waals surface area contributed by atoms with Crippen LogP contribution in [0.1, 0.15) is 29.8 Å². The Balaban J connectivity index is 1.46. The molecule has 1 unspecified atom stereocenters. The number of carbonyl (C=O) groups is 2. The van der Waals surface area contributed by atoms with E-state index in [9.17, 15) is 14.7 Å². The van der Waals surface area contributed by atoms with Crippen LogP contribution in [-0.4, -0.2) is 40.3 Å². The number of nitrogens with zero attached hydrogens (tertiary/aromatic N) is 3. The number of carboxylic acid groups (broad SMARTS) is 1. The molecule has 0 bridgehead atoms. The third-order valence-electron chi connectivity index (χ3n) is 5.53. The van der Waals surface area contributed by atoms with E-state index in [4.69, 9.17) is 0 Å². The summed E-state index contributed by atoms with van der Waals surface area (Å²) in [6.07, 6.45) is 2.98. The number of aliphatic carboxylic acids is 1. The lowest BCUT2D eigenvalue weighted by molar-refractivity contribution is -0.146. The second-order valence-electron chi connectivity index (χ2n) is 7.08. The molecule has 7 nitrogen and oxygen atoms in total. The highest BCUT2D eigenvalue weighted by molar-refractivity contribution is 6.02. The Hall–Kier alpha value is -2.96. The quantitative estimate of drug-likeness (QED) is 0.877. The summed E-state index contributed by atoms with van der Waals surface area (Å²) in [4.78, 5) is 25.8. The fraction of sp³-hybridized carbons (Fsp3) is 0.368. The van der Waals surface area contributed by atoms with Crippen LogP contribution >= 0.6 is 0 Å². The van der Waals surface area contributed by atoms with Crippen molar-refractivity contribution in [1.82, 2.24) is 10.2 Å². The van der Waals surface area contributed by atoms with Crippen LogP contribution in [0.5, 0.6) is 0 Å². The van der Waals surface area contributed by atoms with Gasteiger partial charge in [-0.2, -0.15) is 0 Å². The summed E-state index contributed by atoms with van der Waals surface area (Å²) >= 11 is 0. The number of amides is 1. The van der Waals surface area contributed by atoms with E-state index in [0.29, 0.717) is 24.6 Å². The molecule has 1 amide bonds. The van der Waals surface area contributed by atoms with Gasteiger partial charge in [-0.25, -0.2) is 0 Å². The zero-order valence-corrected chi connectivity index (χ0v) is 14.3. The minimum Gasteiger partial charge on any atom is -0.481 e. The molecule has 1 atom stereocenters. The van der Waals surface area contributed by atoms with Gasteiger partial charge in [0.05, 0.1) is 5.92 Å². The number of anilines is 2. The number of carbonyl (C=O) groups excluding carboxylic acids is 1. The number of nitrogens with one attached hydrogen (secondary N) is 1. The van der Waals surface area contributed by atoms with Gasteiger partial charge in [-0.3, -0.25) is 9.59 Å². The fourth-order valence-electron chi connectivity index (χ4n) is 3.95. The summed E-state index contributed by atoms with van der Waals surface area (Å²) in [6.45, 7) is 1.13. The molecule has 26 heavy (non-hydrogen) atoms. The van der Waals surface area contributed by atoms with Crippen molar-refractivity contribution in [2.75, 3.05) is 23.3 Å². The first-order valence-electron chi connectivity index (χ1n) is 8.75. The van der Waals surface area contributed by atoms with Gasteiger partial charge < -0.3 is 15.3 Å². The van der Waals surface area contributed by atoms with Crippen LogP contribution in [0.2, 0.25) is 0 Å². The van der Waals surface area contributed by atoms with Gasteiger partial charge in [-0.1, -0.05) is 24.6 Å². The predicted octanol–water partition coefficient (Wildman–Crippen LogP) is 2.42. The van der Waals surface area contributed by atoms with E-state index in [0.717, 1.165) is 19.3 Å². The molecule has 1 aliphatic heterocycles. The van der Waals surface area contributed by atoms with E-state index in [-0.39, 0.29) is 22.9 Å². The third-order valence-corrected chi connectivity index (χ3v) is 5.53. The van der Waals surface area contributed by atoms with Crippen molar-refractivity contribution >= 4 is 23.4 Å². The summed E-state index contributed by atoms with van der Waals surface area (Å²) < 4.78 is 0. The molecular formula is C19H20N4O3. The molecule has 1 aliphatic carbocycles. The van der Waals surface area contributed by atoms with Crippen LogP contribution in [0.25, 0.3) is 0 Å². The minimum absolute atomic E-state index is 0.128. The van der Waals surface area contributed by atoms with Crippen LogP contribution in [-0.2, 0) is 4.79 Å². The second kappa shape index (κ2) is 6.40. The molecule has 1 spiro atoms. The smallest absolute Gasteiger partial charge is 0.308 e. The van der Waals surface area contributed by atoms with Crippen LogP contribution in [0.15, 0.2) is 42.5 Å². The highest BCUT2D eigenvalue weighted by Gasteiger charge is 2.53. The van der Waals surface area contributed by atoms with Gasteiger partial charge in [0.25, 0.3) is 5.91 Å². The fourth-order valence-corrected chi connectivity index (χ4v) is 3.95. The molecule has 1 aromatic carbocycles. The standard InChI is InChI=1S/C19H20N4O3/c24-17(20-13-5-2-1-3-6-13)15-7-8-16(22-21-15)23-11-14(18(25)26)19(12-23)9-4-10-19/h1-3,5-8,14H,4,9-12H2,(H,20,24)(H,25,26). The highest BCUT2D eigenvalue weighted by atomic mass is 16.4. The minimum atomic E-state index is -0.737. The summed E-state index contributed by atoms with van der Waals surface area (Å²) in [5.74, 6) is -0.801. The number of para-hydroxylation sites is 1. The van der Waals surface area contributed by atoms with Gasteiger partial charge in [0.15, 0.2) is 11.5 Å². The molecular weight excluding hydrogens is 332 g/mol. The van der Waals surface area contributed by atoms with E-state index in [2.05, 4.69) is 15.5 Å². The number of hydrogen-bond donors (Lipinski definition) is 2. The molecule has 134 valence electrons. The topological polar surface area (TPSA) is 95.4 Å². The van der Waals surface area contributed by atoms with E-state index < -0.39 is 5.97 Å². The number of hydrogen-bond acceptors (Lipinski definition) is 5. The Kier molecular flexibility index (Phi) is 4.06. The number of rotatable bonds is 4. The Morgan fingerprint density at radius 1 is 1.12 bits per heavy atom. The Morgan fingerprint density at radius 2 is 1.88 bits per heavy atom. The first-order valence-corrected chi connectivity index (χ1v) is 8.75. The average molecular weight is 352 g/mol. The first-order chi connectivity index (χ1) is 12.6. The largest absolute Gasteiger partial charge is 0.481 e. The molecule has 1 saturated heterocycles. The van der Waals surface area contributed by atoms with Crippen molar-refractivity contribution in [2.45, 2.75) is 19.3 Å². The maximum atomic E-state index is 12.2. The van der Waals surface area contributed by atoms with Gasteiger partial charge in [0, 0.05) is 24.2 Å². The lowest BCUT2D eigenvalue weighted by atomic mass is 9.63. The highest BCUT2D eigenvalue weighted by Crippen LogP contribution is 2.52. The molecule has 1 aromatic heterocycles. The molecule has 2 aliphatic rings. The molecule has 7 heteroatoms. The lowest BCUT2D eigenvalue weighted by Gasteiger charge is -2.41. The summed E-state index contributed by atoms with van der Waals surface area (Å²) in [5.41, 5.74) is 0.792. The van der Waals surface area contributed by atoms with Crippen LogP contribution in [0, 0.1) is 11.3 Å². The van der Waals surface area contributed by atoms with Gasteiger partial charge in [-0.05, 0) is 37.1 Å². The summed E-state index contributed by atoms with van der Waals surface area (Å²) in [7, 11) is 0. The van der Waals surface area contributed by atoms with E-state index in [1.807, 2.05) is 23.1 Å². The van der Waals surface area contributed by atoms with Gasteiger partial charge in [-0.15, -0.1) is 10.2 Å². The van der Waals surface area contributed by atoms with Crippen molar-refractivity contribution in [1.29, 1.82) is 0 Å². The molecule has 1 saturated carbocycles. The zero-order valence-electron chi connectivity index (χ0n) is 14.3. The predicted molar refractivity (Wildman–Crippen MR) is 96.1 cm³/mol. The van der Waals surface area contributed by atoms with E-state index in [1.54, 1.807) is 24.3 Å². The van der Waals surface area contributed by atoms with Crippen molar-refractivity contribution in [2.24, 2.45) is 11.3 Å². The molecule has 0 radical (unpaired) electrons. The van der Waals surface area contributed by atoms with Crippen LogP contribution < -0.4 is 10.2 Å².